The number of anilines is 1. The first-order chi connectivity index (χ1) is 13.3. The lowest BCUT2D eigenvalue weighted by atomic mass is 10.2. The van der Waals surface area contributed by atoms with Gasteiger partial charge in [-0.1, -0.05) is 17.7 Å². The van der Waals surface area contributed by atoms with E-state index in [1.807, 2.05) is 36.1 Å². The molecule has 0 bridgehead atoms. The third-order valence-electron chi connectivity index (χ3n) is 4.62. The van der Waals surface area contributed by atoms with Gasteiger partial charge in [-0.15, -0.1) is 0 Å². The first-order valence-corrected chi connectivity index (χ1v) is 9.29. The van der Waals surface area contributed by atoms with E-state index in [1.165, 1.54) is 0 Å². The lowest BCUT2D eigenvalue weighted by Crippen LogP contribution is -2.41. The molecule has 0 spiro atoms. The zero-order valence-electron chi connectivity index (χ0n) is 16.1. The molecule has 0 unspecified atom stereocenters. The van der Waals surface area contributed by atoms with Crippen LogP contribution in [0.4, 0.5) is 5.69 Å². The van der Waals surface area contributed by atoms with Gasteiger partial charge in [0, 0.05) is 45.0 Å². The number of amides is 1. The van der Waals surface area contributed by atoms with Crippen LogP contribution in [-0.4, -0.2) is 102 Å². The van der Waals surface area contributed by atoms with E-state index in [0.717, 1.165) is 11.3 Å². The van der Waals surface area contributed by atoms with Crippen LogP contribution in [0.1, 0.15) is 5.56 Å². The van der Waals surface area contributed by atoms with Crippen LogP contribution in [-0.2, 0) is 14.4 Å². The van der Waals surface area contributed by atoms with Crippen molar-refractivity contribution in [3.8, 4) is 0 Å². The molecule has 9 nitrogen and oxygen atoms in total. The number of aliphatic carboxylic acids is 2. The number of nitrogens with one attached hydrogen (secondary N) is 1. The van der Waals surface area contributed by atoms with Crippen LogP contribution < -0.4 is 5.32 Å². The minimum atomic E-state index is -0.923. The summed E-state index contributed by atoms with van der Waals surface area (Å²) in [5.74, 6) is -2.00. The molecule has 1 amide bonds. The minimum Gasteiger partial charge on any atom is -0.480 e. The van der Waals surface area contributed by atoms with Gasteiger partial charge >= 0.3 is 11.9 Å². The molecular weight excluding hydrogens is 364 g/mol. The van der Waals surface area contributed by atoms with Gasteiger partial charge in [0.05, 0.1) is 19.6 Å². The number of benzene rings is 1. The average molecular weight is 392 g/mol. The second-order valence-corrected chi connectivity index (χ2v) is 7.03. The Balaban J connectivity index is 1.97. The first kappa shape index (κ1) is 21.8. The molecule has 1 fully saturated rings. The number of carbonyl (C=O) groups excluding carboxylic acids is 1. The van der Waals surface area contributed by atoms with Crippen molar-refractivity contribution in [2.75, 3.05) is 64.2 Å². The molecule has 0 saturated carbocycles. The van der Waals surface area contributed by atoms with E-state index >= 15 is 0 Å². The standard InChI is InChI=1S/C19H28N4O5/c1-15-2-4-16(5-3-15)20-17(24)12-21-6-8-22(13-18(25)26)10-11-23(9-7-21)14-19(27)28/h2-5H,6-14H2,1H3,(H,20,24)(H,25,26)(H,27,28). The molecule has 0 aromatic heterocycles. The second kappa shape index (κ2) is 10.7. The fourth-order valence-electron chi connectivity index (χ4n) is 3.08. The Morgan fingerprint density at radius 2 is 1.18 bits per heavy atom. The van der Waals surface area contributed by atoms with E-state index in [0.29, 0.717) is 39.3 Å². The highest BCUT2D eigenvalue weighted by atomic mass is 16.4. The van der Waals surface area contributed by atoms with Crippen LogP contribution in [0.15, 0.2) is 24.3 Å². The Morgan fingerprint density at radius 1 is 0.786 bits per heavy atom. The van der Waals surface area contributed by atoms with E-state index in [1.54, 1.807) is 9.80 Å². The molecule has 3 N–H and O–H groups in total. The minimum absolute atomic E-state index is 0.107. The van der Waals surface area contributed by atoms with Gasteiger partial charge in [-0.25, -0.2) is 0 Å². The molecular formula is C19H28N4O5. The number of carbonyl (C=O) groups is 3. The Kier molecular flexibility index (Phi) is 8.37. The zero-order chi connectivity index (χ0) is 20.5. The van der Waals surface area contributed by atoms with Gasteiger partial charge in [-0.2, -0.15) is 0 Å². The lowest BCUT2D eigenvalue weighted by molar-refractivity contribution is -0.140. The first-order valence-electron chi connectivity index (χ1n) is 9.29. The average Bonchev–Trinajstić information content (AvgIpc) is 2.69. The molecule has 1 heterocycles. The van der Waals surface area contributed by atoms with Crippen molar-refractivity contribution in [3.05, 3.63) is 29.8 Å². The van der Waals surface area contributed by atoms with Gasteiger partial charge in [0.2, 0.25) is 5.91 Å². The van der Waals surface area contributed by atoms with Crippen molar-refractivity contribution in [1.82, 2.24) is 14.7 Å². The highest BCUT2D eigenvalue weighted by Crippen LogP contribution is 2.09. The fourth-order valence-corrected chi connectivity index (χ4v) is 3.08. The Hall–Kier alpha value is -2.49. The molecule has 1 saturated heterocycles. The van der Waals surface area contributed by atoms with Gasteiger partial charge in [-0.3, -0.25) is 29.1 Å². The number of rotatable bonds is 7. The molecule has 1 aromatic carbocycles. The molecule has 154 valence electrons. The monoisotopic (exact) mass is 392 g/mol. The van der Waals surface area contributed by atoms with Gasteiger partial charge in [-0.05, 0) is 19.1 Å². The number of hydrogen-bond acceptors (Lipinski definition) is 6. The van der Waals surface area contributed by atoms with Crippen LogP contribution in [0.3, 0.4) is 0 Å². The third-order valence-corrected chi connectivity index (χ3v) is 4.62. The Morgan fingerprint density at radius 3 is 1.57 bits per heavy atom. The van der Waals surface area contributed by atoms with Crippen LogP contribution in [0.5, 0.6) is 0 Å². The Bertz CT molecular complexity index is 651. The molecule has 0 atom stereocenters. The largest absolute Gasteiger partial charge is 0.480 e. The summed E-state index contributed by atoms with van der Waals surface area (Å²) in [5, 5.41) is 21.0. The summed E-state index contributed by atoms with van der Waals surface area (Å²) in [4.78, 5) is 40.0. The van der Waals surface area contributed by atoms with E-state index < -0.39 is 11.9 Å². The number of carboxylic acid groups (broad SMARTS) is 2. The normalized spacial score (nSPS) is 17.3. The predicted octanol–water partition coefficient (Wildman–Crippen LogP) is 0.0223. The summed E-state index contributed by atoms with van der Waals surface area (Å²) in [7, 11) is 0. The zero-order valence-corrected chi connectivity index (χ0v) is 16.1. The molecule has 9 heteroatoms. The van der Waals surface area contributed by atoms with E-state index in [2.05, 4.69) is 5.32 Å². The maximum Gasteiger partial charge on any atom is 0.317 e. The SMILES string of the molecule is Cc1ccc(NC(=O)CN2CCN(CC(=O)O)CCN(CC(=O)O)CC2)cc1. The smallest absolute Gasteiger partial charge is 0.317 e. The predicted molar refractivity (Wildman–Crippen MR) is 104 cm³/mol. The quantitative estimate of drug-likeness (QED) is 0.595. The highest BCUT2D eigenvalue weighted by molar-refractivity contribution is 5.92. The topological polar surface area (TPSA) is 113 Å². The summed E-state index contributed by atoms with van der Waals surface area (Å²) in [6, 6.07) is 7.52. The molecule has 1 aliphatic heterocycles. The third kappa shape index (κ3) is 8.03. The lowest BCUT2D eigenvalue weighted by Gasteiger charge is -2.24. The molecule has 1 aliphatic rings. The highest BCUT2D eigenvalue weighted by Gasteiger charge is 2.20. The van der Waals surface area contributed by atoms with Gasteiger partial charge in [0.1, 0.15) is 0 Å². The fraction of sp³-hybridized carbons (Fsp3) is 0.526. The van der Waals surface area contributed by atoms with Crippen molar-refractivity contribution in [2.24, 2.45) is 0 Å². The van der Waals surface area contributed by atoms with Crippen molar-refractivity contribution in [1.29, 1.82) is 0 Å². The van der Waals surface area contributed by atoms with Gasteiger partial charge in [0.25, 0.3) is 0 Å². The Labute approximate surface area is 164 Å². The van der Waals surface area contributed by atoms with Crippen LogP contribution >= 0.6 is 0 Å². The van der Waals surface area contributed by atoms with Crippen LogP contribution in [0.25, 0.3) is 0 Å². The molecule has 0 radical (unpaired) electrons. The summed E-state index contributed by atoms with van der Waals surface area (Å²) < 4.78 is 0. The van der Waals surface area contributed by atoms with E-state index in [4.69, 9.17) is 10.2 Å². The molecule has 0 aliphatic carbocycles. The molecule has 1 aromatic rings. The molecule has 28 heavy (non-hydrogen) atoms. The number of hydrogen-bond donors (Lipinski definition) is 3. The summed E-state index contributed by atoms with van der Waals surface area (Å²) in [6.45, 7) is 4.96. The van der Waals surface area contributed by atoms with Crippen LogP contribution in [0.2, 0.25) is 0 Å². The van der Waals surface area contributed by atoms with Crippen molar-refractivity contribution in [2.45, 2.75) is 6.92 Å². The number of nitrogens with zero attached hydrogens (tertiary/aromatic N) is 3. The van der Waals surface area contributed by atoms with Crippen molar-refractivity contribution in [3.63, 3.8) is 0 Å². The van der Waals surface area contributed by atoms with E-state index in [9.17, 15) is 14.4 Å². The van der Waals surface area contributed by atoms with Crippen molar-refractivity contribution < 1.29 is 24.6 Å². The molecule has 2 rings (SSSR count). The van der Waals surface area contributed by atoms with Gasteiger partial charge < -0.3 is 15.5 Å². The van der Waals surface area contributed by atoms with Crippen LogP contribution in [0, 0.1) is 6.92 Å². The van der Waals surface area contributed by atoms with E-state index in [-0.39, 0.29) is 25.5 Å². The summed E-state index contributed by atoms with van der Waals surface area (Å²) in [6.07, 6.45) is 0. The summed E-state index contributed by atoms with van der Waals surface area (Å²) in [5.41, 5.74) is 1.83. The maximum atomic E-state index is 12.4. The van der Waals surface area contributed by atoms with Gasteiger partial charge in [0.15, 0.2) is 0 Å². The maximum absolute atomic E-state index is 12.4. The summed E-state index contributed by atoms with van der Waals surface area (Å²) >= 11 is 0. The van der Waals surface area contributed by atoms with Crippen molar-refractivity contribution >= 4 is 23.5 Å². The number of carboxylic acids is 2. The number of aryl methyl sites for hydroxylation is 1. The second-order valence-electron chi connectivity index (χ2n) is 7.03.